The molecule has 138 valence electrons. The van der Waals surface area contributed by atoms with Crippen molar-refractivity contribution >= 4 is 23.2 Å². The lowest BCUT2D eigenvalue weighted by molar-refractivity contribution is -0.137. The highest BCUT2D eigenvalue weighted by Gasteiger charge is 2.32. The van der Waals surface area contributed by atoms with Gasteiger partial charge in [-0.2, -0.15) is 18.4 Å². The smallest absolute Gasteiger partial charge is 0.416 e. The standard InChI is InChI=1S/C17H9Cl2F3N4O/c18-12-1-2-14(19)10(4-12)8-27-13-5-9(3-11(6-13)17(20,21)22)16-15(7-23)24-26-25-16/h1-6H,8H2,(H,24,25,26). The van der Waals surface area contributed by atoms with Crippen LogP contribution in [0.4, 0.5) is 13.2 Å². The number of hydrogen-bond acceptors (Lipinski definition) is 4. The summed E-state index contributed by atoms with van der Waals surface area (Å²) in [5, 5.41) is 19.3. The van der Waals surface area contributed by atoms with Gasteiger partial charge in [-0.05, 0) is 36.4 Å². The van der Waals surface area contributed by atoms with Crippen LogP contribution in [0.1, 0.15) is 16.8 Å². The molecule has 0 saturated heterocycles. The molecule has 1 heterocycles. The summed E-state index contributed by atoms with van der Waals surface area (Å²) in [4.78, 5) is 0. The van der Waals surface area contributed by atoms with Crippen LogP contribution in [0.2, 0.25) is 10.0 Å². The lowest BCUT2D eigenvalue weighted by atomic mass is 10.1. The van der Waals surface area contributed by atoms with E-state index in [1.165, 1.54) is 6.07 Å². The summed E-state index contributed by atoms with van der Waals surface area (Å²) in [6.45, 7) is -0.0932. The highest BCUT2D eigenvalue weighted by Crippen LogP contribution is 2.36. The molecule has 3 rings (SSSR count). The highest BCUT2D eigenvalue weighted by molar-refractivity contribution is 6.33. The van der Waals surface area contributed by atoms with Crippen LogP contribution in [-0.2, 0) is 12.8 Å². The Morgan fingerprint density at radius 2 is 1.93 bits per heavy atom. The zero-order chi connectivity index (χ0) is 19.6. The zero-order valence-corrected chi connectivity index (χ0v) is 14.8. The molecule has 0 aliphatic carbocycles. The van der Waals surface area contributed by atoms with Crippen LogP contribution >= 0.6 is 23.2 Å². The fourth-order valence-electron chi connectivity index (χ4n) is 2.31. The molecule has 10 heteroatoms. The Kier molecular flexibility index (Phi) is 5.26. The van der Waals surface area contributed by atoms with E-state index < -0.39 is 11.7 Å². The first-order valence-electron chi connectivity index (χ1n) is 7.38. The molecule has 0 unspecified atom stereocenters. The maximum atomic E-state index is 13.2. The number of aromatic amines is 1. The van der Waals surface area contributed by atoms with Crippen LogP contribution < -0.4 is 4.74 Å². The topological polar surface area (TPSA) is 74.6 Å². The summed E-state index contributed by atoms with van der Waals surface area (Å²) in [5.41, 5.74) is -0.448. The lowest BCUT2D eigenvalue weighted by Crippen LogP contribution is -2.06. The molecule has 2 aromatic carbocycles. The number of H-pyrrole nitrogens is 1. The lowest BCUT2D eigenvalue weighted by Gasteiger charge is -2.13. The number of halogens is 5. The average molecular weight is 413 g/mol. The molecule has 0 aliphatic heterocycles. The second kappa shape index (κ2) is 7.47. The quantitative estimate of drug-likeness (QED) is 0.634. The summed E-state index contributed by atoms with van der Waals surface area (Å²) >= 11 is 11.9. The van der Waals surface area contributed by atoms with Gasteiger partial charge in [-0.25, -0.2) is 5.10 Å². The van der Waals surface area contributed by atoms with E-state index in [-0.39, 0.29) is 29.3 Å². The molecule has 1 N–H and O–H groups in total. The number of nitriles is 1. The number of aromatic nitrogens is 3. The molecule has 0 radical (unpaired) electrons. The number of hydrogen-bond donors (Lipinski definition) is 1. The molecule has 0 fully saturated rings. The van der Waals surface area contributed by atoms with Crippen molar-refractivity contribution in [2.75, 3.05) is 0 Å². The van der Waals surface area contributed by atoms with Gasteiger partial charge in [0, 0.05) is 21.2 Å². The van der Waals surface area contributed by atoms with Gasteiger partial charge in [0.15, 0.2) is 5.69 Å². The number of benzene rings is 2. The molecule has 27 heavy (non-hydrogen) atoms. The molecule has 0 spiro atoms. The van der Waals surface area contributed by atoms with Gasteiger partial charge < -0.3 is 4.74 Å². The first-order valence-corrected chi connectivity index (χ1v) is 8.14. The third kappa shape index (κ3) is 4.32. The van der Waals surface area contributed by atoms with Gasteiger partial charge in [0.05, 0.1) is 5.56 Å². The molecule has 0 bridgehead atoms. The molecule has 0 saturated carbocycles. The van der Waals surface area contributed by atoms with Gasteiger partial charge in [0.25, 0.3) is 0 Å². The van der Waals surface area contributed by atoms with Crippen molar-refractivity contribution < 1.29 is 17.9 Å². The summed E-state index contributed by atoms with van der Waals surface area (Å²) < 4.78 is 45.2. The monoisotopic (exact) mass is 412 g/mol. The summed E-state index contributed by atoms with van der Waals surface area (Å²) in [7, 11) is 0. The molecule has 5 nitrogen and oxygen atoms in total. The van der Waals surface area contributed by atoms with E-state index in [1.54, 1.807) is 24.3 Å². The van der Waals surface area contributed by atoms with Crippen molar-refractivity contribution in [2.45, 2.75) is 12.8 Å². The number of rotatable bonds is 4. The first-order chi connectivity index (χ1) is 12.8. The molecule has 1 aromatic heterocycles. The highest BCUT2D eigenvalue weighted by atomic mass is 35.5. The van der Waals surface area contributed by atoms with E-state index in [1.807, 2.05) is 0 Å². The number of alkyl halides is 3. The molecular weight excluding hydrogens is 404 g/mol. The van der Waals surface area contributed by atoms with Gasteiger partial charge in [-0.15, -0.1) is 5.10 Å². The van der Waals surface area contributed by atoms with Gasteiger partial charge >= 0.3 is 6.18 Å². The molecule has 0 atom stereocenters. The summed E-state index contributed by atoms with van der Waals surface area (Å²) in [6.07, 6.45) is -4.61. The van der Waals surface area contributed by atoms with E-state index in [9.17, 15) is 13.2 Å². The number of nitrogens with zero attached hydrogens (tertiary/aromatic N) is 3. The van der Waals surface area contributed by atoms with Crippen molar-refractivity contribution in [1.82, 2.24) is 15.4 Å². The van der Waals surface area contributed by atoms with Crippen LogP contribution in [0.15, 0.2) is 36.4 Å². The zero-order valence-electron chi connectivity index (χ0n) is 13.3. The SMILES string of the molecule is N#Cc1[nH]nnc1-c1cc(OCc2cc(Cl)ccc2Cl)cc(C(F)(F)F)c1. The average Bonchev–Trinajstić information content (AvgIpc) is 3.10. The largest absolute Gasteiger partial charge is 0.489 e. The van der Waals surface area contributed by atoms with Crippen LogP contribution in [-0.4, -0.2) is 15.4 Å². The van der Waals surface area contributed by atoms with E-state index >= 15 is 0 Å². The van der Waals surface area contributed by atoms with E-state index in [4.69, 9.17) is 33.2 Å². The number of ether oxygens (including phenoxy) is 1. The Morgan fingerprint density at radius 3 is 2.63 bits per heavy atom. The van der Waals surface area contributed by atoms with E-state index in [0.29, 0.717) is 15.6 Å². The summed E-state index contributed by atoms with van der Waals surface area (Å²) in [6, 6.07) is 9.57. The Labute approximate surface area is 161 Å². The van der Waals surface area contributed by atoms with E-state index in [0.717, 1.165) is 12.1 Å². The van der Waals surface area contributed by atoms with Crippen molar-refractivity contribution in [3.63, 3.8) is 0 Å². The Balaban J connectivity index is 1.98. The van der Waals surface area contributed by atoms with Crippen molar-refractivity contribution in [3.05, 3.63) is 63.3 Å². The normalized spacial score (nSPS) is 11.3. The number of nitrogens with one attached hydrogen (secondary N) is 1. The predicted molar refractivity (Wildman–Crippen MR) is 92.3 cm³/mol. The fourth-order valence-corrected chi connectivity index (χ4v) is 2.67. The summed E-state index contributed by atoms with van der Waals surface area (Å²) in [5.74, 6) is -0.0669. The minimum atomic E-state index is -4.61. The van der Waals surface area contributed by atoms with Crippen LogP contribution in [0.25, 0.3) is 11.3 Å². The molecular formula is C17H9Cl2F3N4O. The second-order valence-electron chi connectivity index (χ2n) is 5.42. The Bertz CT molecular complexity index is 1030. The predicted octanol–water partition coefficient (Wildman–Crippen LogP) is 5.25. The maximum absolute atomic E-state index is 13.2. The third-order valence-corrected chi connectivity index (χ3v) is 4.17. The van der Waals surface area contributed by atoms with Crippen molar-refractivity contribution in [3.8, 4) is 23.1 Å². The van der Waals surface area contributed by atoms with Gasteiger partial charge in [-0.3, -0.25) is 0 Å². The molecule has 3 aromatic rings. The minimum Gasteiger partial charge on any atom is -0.489 e. The van der Waals surface area contributed by atoms with Crippen molar-refractivity contribution in [1.29, 1.82) is 5.26 Å². The van der Waals surface area contributed by atoms with Gasteiger partial charge in [0.2, 0.25) is 0 Å². The second-order valence-corrected chi connectivity index (χ2v) is 6.26. The first kappa shape index (κ1) is 19.0. The Hall–Kier alpha value is -2.76. The van der Waals surface area contributed by atoms with E-state index in [2.05, 4.69) is 15.4 Å². The van der Waals surface area contributed by atoms with Crippen LogP contribution in [0.5, 0.6) is 5.75 Å². The maximum Gasteiger partial charge on any atom is 0.416 e. The minimum absolute atomic E-state index is 0.00534. The van der Waals surface area contributed by atoms with Crippen LogP contribution in [0.3, 0.4) is 0 Å². The third-order valence-electron chi connectivity index (χ3n) is 3.57. The fraction of sp³-hybridized carbons (Fsp3) is 0.118. The Morgan fingerprint density at radius 1 is 1.15 bits per heavy atom. The van der Waals surface area contributed by atoms with Crippen LogP contribution in [0, 0.1) is 11.3 Å². The van der Waals surface area contributed by atoms with Crippen molar-refractivity contribution in [2.24, 2.45) is 0 Å². The van der Waals surface area contributed by atoms with Gasteiger partial charge in [-0.1, -0.05) is 28.4 Å². The van der Waals surface area contributed by atoms with Gasteiger partial charge in [0.1, 0.15) is 24.1 Å². The molecule has 0 amide bonds. The molecule has 0 aliphatic rings.